The van der Waals surface area contributed by atoms with Gasteiger partial charge in [-0.05, 0) is 34.0 Å². The molecule has 0 saturated heterocycles. The van der Waals surface area contributed by atoms with Gasteiger partial charge in [0.2, 0.25) is 5.91 Å². The smallest absolute Gasteiger partial charge is 0.227 e. The predicted octanol–water partition coefficient (Wildman–Crippen LogP) is 2.50. The van der Waals surface area contributed by atoms with Gasteiger partial charge in [0, 0.05) is 13.5 Å². The Morgan fingerprint density at radius 1 is 1.43 bits per heavy atom. The molecule has 1 aliphatic rings. The van der Waals surface area contributed by atoms with Crippen molar-refractivity contribution >= 4 is 27.5 Å². The van der Waals surface area contributed by atoms with Crippen LogP contribution in [0.5, 0.6) is 0 Å². The molecule has 4 heteroatoms. The van der Waals surface area contributed by atoms with Crippen LogP contribution in [-0.4, -0.2) is 13.0 Å². The Labute approximate surface area is 89.8 Å². The topological polar surface area (TPSA) is 20.3 Å². The number of anilines is 1. The molecule has 0 fully saturated rings. The number of hydrogen-bond acceptors (Lipinski definition) is 1. The minimum atomic E-state index is -0.328. The van der Waals surface area contributed by atoms with Crippen LogP contribution in [0.3, 0.4) is 0 Å². The Hall–Kier alpha value is -0.900. The van der Waals surface area contributed by atoms with Crippen molar-refractivity contribution in [3.63, 3.8) is 0 Å². The average molecular weight is 258 g/mol. The fourth-order valence-corrected chi connectivity index (χ4v) is 2.33. The quantitative estimate of drug-likeness (QED) is 0.700. The number of rotatable bonds is 0. The van der Waals surface area contributed by atoms with E-state index in [0.29, 0.717) is 23.0 Å². The summed E-state index contributed by atoms with van der Waals surface area (Å²) in [4.78, 5) is 12.9. The van der Waals surface area contributed by atoms with E-state index < -0.39 is 0 Å². The largest absolute Gasteiger partial charge is 0.314 e. The number of benzene rings is 1. The Morgan fingerprint density at radius 2 is 2.14 bits per heavy atom. The molecule has 2 rings (SSSR count). The van der Waals surface area contributed by atoms with E-state index in [-0.39, 0.29) is 11.7 Å². The van der Waals surface area contributed by atoms with Crippen molar-refractivity contribution in [1.29, 1.82) is 0 Å². The molecule has 0 spiro atoms. The molecular formula is C10H9BrFNO. The van der Waals surface area contributed by atoms with Crippen molar-refractivity contribution < 1.29 is 9.18 Å². The van der Waals surface area contributed by atoms with Crippen LogP contribution in [0.1, 0.15) is 12.0 Å². The molecule has 14 heavy (non-hydrogen) atoms. The van der Waals surface area contributed by atoms with Crippen LogP contribution in [0.15, 0.2) is 16.6 Å². The normalized spacial score (nSPS) is 15.6. The lowest BCUT2D eigenvalue weighted by molar-refractivity contribution is -0.118. The van der Waals surface area contributed by atoms with Gasteiger partial charge in [0.1, 0.15) is 5.82 Å². The first kappa shape index (κ1) is 9.65. The summed E-state index contributed by atoms with van der Waals surface area (Å²) in [6, 6.07) is 3.16. The van der Waals surface area contributed by atoms with Crippen LogP contribution in [0.4, 0.5) is 10.1 Å². The molecule has 0 aromatic heterocycles. The third-order valence-corrected chi connectivity index (χ3v) is 3.22. The second-order valence-corrected chi connectivity index (χ2v) is 4.11. The van der Waals surface area contributed by atoms with Crippen LogP contribution in [0.2, 0.25) is 0 Å². The molecule has 1 heterocycles. The van der Waals surface area contributed by atoms with Gasteiger partial charge in [-0.2, -0.15) is 0 Å². The van der Waals surface area contributed by atoms with Gasteiger partial charge in [-0.3, -0.25) is 4.79 Å². The molecule has 1 aliphatic heterocycles. The Morgan fingerprint density at radius 3 is 2.86 bits per heavy atom. The van der Waals surface area contributed by atoms with Crippen LogP contribution < -0.4 is 4.90 Å². The number of carbonyl (C=O) groups excluding carboxylic acids is 1. The molecule has 1 aromatic rings. The highest BCUT2D eigenvalue weighted by Gasteiger charge is 2.24. The van der Waals surface area contributed by atoms with E-state index in [1.54, 1.807) is 13.1 Å². The lowest BCUT2D eigenvalue weighted by atomic mass is 10.0. The molecule has 0 saturated carbocycles. The minimum Gasteiger partial charge on any atom is -0.314 e. The lowest BCUT2D eigenvalue weighted by Crippen LogP contribution is -2.31. The maximum atomic E-state index is 13.2. The third-order valence-electron chi connectivity index (χ3n) is 2.47. The van der Waals surface area contributed by atoms with E-state index in [2.05, 4.69) is 15.9 Å². The highest BCUT2D eigenvalue weighted by molar-refractivity contribution is 9.10. The van der Waals surface area contributed by atoms with Crippen molar-refractivity contribution in [2.45, 2.75) is 12.8 Å². The number of amides is 1. The number of aryl methyl sites for hydroxylation is 1. The summed E-state index contributed by atoms with van der Waals surface area (Å²) in [6.45, 7) is 0. The maximum absolute atomic E-state index is 13.2. The molecule has 2 nitrogen and oxygen atoms in total. The molecule has 0 unspecified atom stereocenters. The monoisotopic (exact) mass is 257 g/mol. The van der Waals surface area contributed by atoms with Gasteiger partial charge in [0.15, 0.2) is 0 Å². The summed E-state index contributed by atoms with van der Waals surface area (Å²) in [5.41, 5.74) is 1.68. The number of nitrogens with zero attached hydrogens (tertiary/aromatic N) is 1. The molecule has 1 amide bonds. The van der Waals surface area contributed by atoms with Crippen LogP contribution in [0, 0.1) is 5.82 Å². The van der Waals surface area contributed by atoms with E-state index in [9.17, 15) is 9.18 Å². The first-order valence-corrected chi connectivity index (χ1v) is 5.14. The standard InChI is InChI=1S/C10H9BrFNO/c1-13-8(14)5-3-6-2-4-7(12)9(11)10(6)13/h2,4H,3,5H2,1H3. The van der Waals surface area contributed by atoms with Crippen LogP contribution >= 0.6 is 15.9 Å². The molecule has 0 aliphatic carbocycles. The predicted molar refractivity (Wildman–Crippen MR) is 55.8 cm³/mol. The van der Waals surface area contributed by atoms with Gasteiger partial charge >= 0.3 is 0 Å². The Kier molecular flexibility index (Phi) is 2.31. The summed E-state index contributed by atoms with van der Waals surface area (Å²) >= 11 is 3.16. The van der Waals surface area contributed by atoms with Crippen molar-refractivity contribution in [1.82, 2.24) is 0 Å². The summed E-state index contributed by atoms with van der Waals surface area (Å²) in [5, 5.41) is 0. The van der Waals surface area contributed by atoms with E-state index >= 15 is 0 Å². The Balaban J connectivity index is 2.62. The van der Waals surface area contributed by atoms with Gasteiger partial charge in [0.25, 0.3) is 0 Å². The molecule has 1 aromatic carbocycles. The third kappa shape index (κ3) is 1.34. The molecular weight excluding hydrogens is 249 g/mol. The van der Waals surface area contributed by atoms with E-state index in [1.807, 2.05) is 0 Å². The molecule has 0 N–H and O–H groups in total. The van der Waals surface area contributed by atoms with Gasteiger partial charge in [0.05, 0.1) is 10.2 Å². The molecule has 74 valence electrons. The SMILES string of the molecule is CN1C(=O)CCc2ccc(F)c(Br)c21. The first-order chi connectivity index (χ1) is 6.61. The Bertz CT molecular complexity index is 405. The molecule has 0 bridgehead atoms. The highest BCUT2D eigenvalue weighted by Crippen LogP contribution is 2.35. The minimum absolute atomic E-state index is 0.0313. The average Bonchev–Trinajstić information content (AvgIpc) is 2.17. The van der Waals surface area contributed by atoms with Crippen molar-refractivity contribution in [3.8, 4) is 0 Å². The second kappa shape index (κ2) is 3.35. The number of hydrogen-bond donors (Lipinski definition) is 0. The summed E-state index contributed by atoms with van der Waals surface area (Å²) < 4.78 is 13.6. The van der Waals surface area contributed by atoms with Gasteiger partial charge in [-0.15, -0.1) is 0 Å². The van der Waals surface area contributed by atoms with Gasteiger partial charge < -0.3 is 4.90 Å². The summed E-state index contributed by atoms with van der Waals surface area (Å²) in [5.74, 6) is -0.297. The van der Waals surface area contributed by atoms with Gasteiger partial charge in [-0.1, -0.05) is 6.07 Å². The van der Waals surface area contributed by atoms with E-state index in [4.69, 9.17) is 0 Å². The summed E-state index contributed by atoms with van der Waals surface area (Å²) in [6.07, 6.45) is 1.19. The molecule has 0 radical (unpaired) electrons. The second-order valence-electron chi connectivity index (χ2n) is 3.32. The van der Waals surface area contributed by atoms with Crippen LogP contribution in [0.25, 0.3) is 0 Å². The van der Waals surface area contributed by atoms with E-state index in [1.165, 1.54) is 11.0 Å². The fourth-order valence-electron chi connectivity index (χ4n) is 1.68. The zero-order chi connectivity index (χ0) is 10.3. The summed E-state index contributed by atoms with van der Waals surface area (Å²) in [7, 11) is 1.67. The number of halogens is 2. The zero-order valence-corrected chi connectivity index (χ0v) is 9.27. The number of fused-ring (bicyclic) bond motifs is 1. The zero-order valence-electron chi connectivity index (χ0n) is 7.68. The van der Waals surface area contributed by atoms with E-state index in [0.717, 1.165) is 5.56 Å². The highest BCUT2D eigenvalue weighted by atomic mass is 79.9. The molecule has 0 atom stereocenters. The van der Waals surface area contributed by atoms with Crippen LogP contribution in [-0.2, 0) is 11.2 Å². The number of carbonyl (C=O) groups is 1. The first-order valence-electron chi connectivity index (χ1n) is 4.34. The fraction of sp³-hybridized carbons (Fsp3) is 0.300. The van der Waals surface area contributed by atoms with Gasteiger partial charge in [-0.25, -0.2) is 4.39 Å². The van der Waals surface area contributed by atoms with Crippen molar-refractivity contribution in [2.24, 2.45) is 0 Å². The maximum Gasteiger partial charge on any atom is 0.227 e. The lowest BCUT2D eigenvalue weighted by Gasteiger charge is -2.26. The van der Waals surface area contributed by atoms with Crippen molar-refractivity contribution in [2.75, 3.05) is 11.9 Å². The van der Waals surface area contributed by atoms with Crippen molar-refractivity contribution in [3.05, 3.63) is 28.0 Å².